The Morgan fingerprint density at radius 3 is 2.71 bits per heavy atom. The number of aliphatic hydroxyl groups is 1. The van der Waals surface area contributed by atoms with Crippen molar-refractivity contribution in [2.45, 2.75) is 24.2 Å². The Morgan fingerprint density at radius 1 is 1.29 bits per heavy atom. The number of allylic oxidation sites excluding steroid dienone is 2. The lowest BCUT2D eigenvalue weighted by molar-refractivity contribution is -0.114. The number of sulfone groups is 1. The van der Waals surface area contributed by atoms with E-state index in [4.69, 9.17) is 4.52 Å². The zero-order valence-corrected chi connectivity index (χ0v) is 12.1. The number of aromatic nitrogens is 1. The van der Waals surface area contributed by atoms with E-state index in [1.54, 1.807) is 6.07 Å². The summed E-state index contributed by atoms with van der Waals surface area (Å²) < 4.78 is 28.2. The SMILES string of the molecule is CS(=O)(=O)c1ccc2c(C3=C(O)CCCC3=O)onc2c1. The van der Waals surface area contributed by atoms with E-state index in [2.05, 4.69) is 5.16 Å². The second kappa shape index (κ2) is 4.70. The second-order valence-electron chi connectivity index (χ2n) is 5.06. The number of nitrogens with zero attached hydrogens (tertiary/aromatic N) is 1. The number of aliphatic hydroxyl groups excluding tert-OH is 1. The largest absolute Gasteiger partial charge is 0.511 e. The lowest BCUT2D eigenvalue weighted by Gasteiger charge is -2.12. The maximum atomic E-state index is 12.0. The first-order valence-electron chi connectivity index (χ1n) is 6.43. The molecule has 0 radical (unpaired) electrons. The lowest BCUT2D eigenvalue weighted by Crippen LogP contribution is -2.10. The summed E-state index contributed by atoms with van der Waals surface area (Å²) in [7, 11) is -3.34. The van der Waals surface area contributed by atoms with Crippen molar-refractivity contribution in [1.29, 1.82) is 0 Å². The Balaban J connectivity index is 2.20. The minimum absolute atomic E-state index is 0.00325. The molecule has 1 aliphatic carbocycles. The zero-order valence-electron chi connectivity index (χ0n) is 11.3. The van der Waals surface area contributed by atoms with Crippen LogP contribution in [-0.4, -0.2) is 30.7 Å². The molecule has 0 unspecified atom stereocenters. The minimum atomic E-state index is -3.34. The number of hydrogen-bond donors (Lipinski definition) is 1. The number of carbonyl (C=O) groups is 1. The van der Waals surface area contributed by atoms with Gasteiger partial charge in [0.05, 0.1) is 10.3 Å². The fourth-order valence-corrected chi connectivity index (χ4v) is 3.06. The molecule has 0 amide bonds. The predicted molar refractivity (Wildman–Crippen MR) is 75.5 cm³/mol. The molecule has 0 spiro atoms. The van der Waals surface area contributed by atoms with Gasteiger partial charge in [0.15, 0.2) is 21.4 Å². The maximum absolute atomic E-state index is 12.0. The number of Topliss-reactive ketones (excluding diaryl/α,β-unsaturated/α-hetero) is 1. The van der Waals surface area contributed by atoms with Crippen molar-refractivity contribution in [3.05, 3.63) is 29.7 Å². The van der Waals surface area contributed by atoms with E-state index in [9.17, 15) is 18.3 Å². The number of benzene rings is 1. The van der Waals surface area contributed by atoms with Gasteiger partial charge in [-0.3, -0.25) is 4.79 Å². The molecule has 110 valence electrons. The van der Waals surface area contributed by atoms with Crippen LogP contribution in [0.4, 0.5) is 0 Å². The number of hydrogen-bond acceptors (Lipinski definition) is 6. The van der Waals surface area contributed by atoms with Crippen molar-refractivity contribution < 1.29 is 22.8 Å². The van der Waals surface area contributed by atoms with E-state index in [1.165, 1.54) is 12.1 Å². The van der Waals surface area contributed by atoms with E-state index in [0.717, 1.165) is 6.26 Å². The molecule has 3 rings (SSSR count). The van der Waals surface area contributed by atoms with Crippen LogP contribution in [0.1, 0.15) is 25.0 Å². The van der Waals surface area contributed by atoms with Crippen LogP contribution in [0.25, 0.3) is 16.5 Å². The normalized spacial score (nSPS) is 16.7. The van der Waals surface area contributed by atoms with Crippen LogP contribution in [0.3, 0.4) is 0 Å². The Bertz CT molecular complexity index is 876. The molecule has 0 fully saturated rings. The molecule has 1 aromatic heterocycles. The van der Waals surface area contributed by atoms with Crippen LogP contribution < -0.4 is 0 Å². The predicted octanol–water partition coefficient (Wildman–Crippen LogP) is 2.25. The molecule has 0 aliphatic heterocycles. The van der Waals surface area contributed by atoms with Crippen molar-refractivity contribution in [3.63, 3.8) is 0 Å². The number of rotatable bonds is 2. The van der Waals surface area contributed by atoms with E-state index in [-0.39, 0.29) is 27.8 Å². The average molecular weight is 307 g/mol. The van der Waals surface area contributed by atoms with Gasteiger partial charge in [-0.25, -0.2) is 8.42 Å². The Labute approximate surface area is 121 Å². The highest BCUT2D eigenvalue weighted by Gasteiger charge is 2.27. The first-order valence-corrected chi connectivity index (χ1v) is 8.32. The minimum Gasteiger partial charge on any atom is -0.511 e. The zero-order chi connectivity index (χ0) is 15.2. The second-order valence-corrected chi connectivity index (χ2v) is 7.08. The molecule has 2 aromatic rings. The van der Waals surface area contributed by atoms with Crippen molar-refractivity contribution in [2.24, 2.45) is 0 Å². The average Bonchev–Trinajstić information content (AvgIpc) is 2.81. The van der Waals surface area contributed by atoms with Gasteiger partial charge in [-0.05, 0) is 24.6 Å². The quantitative estimate of drug-likeness (QED) is 0.914. The molecule has 0 bridgehead atoms. The van der Waals surface area contributed by atoms with Gasteiger partial charge in [-0.1, -0.05) is 5.16 Å². The highest BCUT2D eigenvalue weighted by atomic mass is 32.2. The Hall–Kier alpha value is -2.15. The molecule has 0 saturated heterocycles. The molecule has 7 heteroatoms. The third-order valence-electron chi connectivity index (χ3n) is 3.49. The molecule has 1 N–H and O–H groups in total. The highest BCUT2D eigenvalue weighted by molar-refractivity contribution is 7.90. The van der Waals surface area contributed by atoms with E-state index in [1.807, 2.05) is 0 Å². The lowest BCUT2D eigenvalue weighted by atomic mass is 9.93. The van der Waals surface area contributed by atoms with E-state index in [0.29, 0.717) is 30.2 Å². The summed E-state index contributed by atoms with van der Waals surface area (Å²) in [5, 5.41) is 14.2. The monoisotopic (exact) mass is 307 g/mol. The van der Waals surface area contributed by atoms with Crippen molar-refractivity contribution in [1.82, 2.24) is 5.16 Å². The fourth-order valence-electron chi connectivity index (χ4n) is 2.42. The molecule has 21 heavy (non-hydrogen) atoms. The molecule has 1 heterocycles. The number of fused-ring (bicyclic) bond motifs is 1. The molecule has 0 saturated carbocycles. The van der Waals surface area contributed by atoms with Crippen molar-refractivity contribution in [2.75, 3.05) is 6.26 Å². The van der Waals surface area contributed by atoms with Gasteiger partial charge in [-0.2, -0.15) is 0 Å². The van der Waals surface area contributed by atoms with E-state index < -0.39 is 9.84 Å². The van der Waals surface area contributed by atoms with Crippen LogP contribution in [0, 0.1) is 0 Å². The van der Waals surface area contributed by atoms with Gasteiger partial charge in [0.2, 0.25) is 0 Å². The van der Waals surface area contributed by atoms with Crippen LogP contribution in [0.15, 0.2) is 33.4 Å². The summed E-state index contributed by atoms with van der Waals surface area (Å²) in [4.78, 5) is 12.1. The molecular weight excluding hydrogens is 294 g/mol. The number of ketones is 1. The standard InChI is InChI=1S/C14H13NO5S/c1-21(18,19)8-5-6-9-10(7-8)15-20-14(9)13-11(16)3-2-4-12(13)17/h5-7,16H,2-4H2,1H3. The molecule has 1 aromatic carbocycles. The summed E-state index contributed by atoms with van der Waals surface area (Å²) in [6, 6.07) is 4.37. The number of carbonyl (C=O) groups excluding carboxylic acids is 1. The molecule has 6 nitrogen and oxygen atoms in total. The third kappa shape index (κ3) is 2.33. The Kier molecular flexibility index (Phi) is 3.09. The summed E-state index contributed by atoms with van der Waals surface area (Å²) >= 11 is 0. The van der Waals surface area contributed by atoms with Crippen LogP contribution in [0.5, 0.6) is 0 Å². The van der Waals surface area contributed by atoms with Gasteiger partial charge in [-0.15, -0.1) is 0 Å². The smallest absolute Gasteiger partial charge is 0.181 e. The van der Waals surface area contributed by atoms with Crippen molar-refractivity contribution in [3.8, 4) is 0 Å². The molecule has 1 aliphatic rings. The summed E-state index contributed by atoms with van der Waals surface area (Å²) in [5.41, 5.74) is 0.488. The van der Waals surface area contributed by atoms with Gasteiger partial charge in [0.1, 0.15) is 16.8 Å². The topological polar surface area (TPSA) is 97.5 Å². The summed E-state index contributed by atoms with van der Waals surface area (Å²) in [6.45, 7) is 0. The first kappa shape index (κ1) is 13.8. The highest BCUT2D eigenvalue weighted by Crippen LogP contribution is 2.33. The third-order valence-corrected chi connectivity index (χ3v) is 4.60. The van der Waals surface area contributed by atoms with E-state index >= 15 is 0 Å². The maximum Gasteiger partial charge on any atom is 0.181 e. The van der Waals surface area contributed by atoms with Gasteiger partial charge >= 0.3 is 0 Å². The van der Waals surface area contributed by atoms with Gasteiger partial charge in [0.25, 0.3) is 0 Å². The van der Waals surface area contributed by atoms with Gasteiger partial charge in [0, 0.05) is 19.1 Å². The first-order chi connectivity index (χ1) is 9.88. The molecule has 0 atom stereocenters. The van der Waals surface area contributed by atoms with Crippen LogP contribution in [0.2, 0.25) is 0 Å². The summed E-state index contributed by atoms with van der Waals surface area (Å²) in [5.74, 6) is 0.00716. The van der Waals surface area contributed by atoms with Gasteiger partial charge < -0.3 is 9.63 Å². The summed E-state index contributed by atoms with van der Waals surface area (Å²) in [6.07, 6.45) is 2.49. The van der Waals surface area contributed by atoms with Crippen LogP contribution >= 0.6 is 0 Å². The molecular formula is C14H13NO5S. The van der Waals surface area contributed by atoms with Crippen LogP contribution in [-0.2, 0) is 14.6 Å². The fraction of sp³-hybridized carbons (Fsp3) is 0.286. The Morgan fingerprint density at radius 2 is 2.05 bits per heavy atom. The van der Waals surface area contributed by atoms with Crippen molar-refractivity contribution >= 4 is 32.1 Å².